The molecule has 2 N–H and O–H groups in total. The van der Waals surface area contributed by atoms with Gasteiger partial charge in [-0.05, 0) is 31.0 Å². The molecule has 4 rings (SSSR count). The van der Waals surface area contributed by atoms with Gasteiger partial charge in [-0.3, -0.25) is 4.79 Å². The van der Waals surface area contributed by atoms with E-state index in [0.29, 0.717) is 12.2 Å². The molecule has 0 aliphatic heterocycles. The van der Waals surface area contributed by atoms with Gasteiger partial charge in [-0.1, -0.05) is 23.4 Å². The number of nitrogens with one attached hydrogen (secondary N) is 2. The Kier molecular flexibility index (Phi) is 5.65. The van der Waals surface area contributed by atoms with Gasteiger partial charge >= 0.3 is 0 Å². The van der Waals surface area contributed by atoms with E-state index >= 15 is 0 Å². The molecule has 8 heteroatoms. The molecule has 30 heavy (non-hydrogen) atoms. The summed E-state index contributed by atoms with van der Waals surface area (Å²) in [4.78, 5) is 15.7. The zero-order chi connectivity index (χ0) is 20.9. The number of hydrogen-bond donors (Lipinski definition) is 2. The van der Waals surface area contributed by atoms with E-state index in [0.717, 1.165) is 46.6 Å². The second kappa shape index (κ2) is 8.69. The van der Waals surface area contributed by atoms with Gasteiger partial charge in [0.25, 0.3) is 5.91 Å². The number of nitrogens with zero attached hydrogens (tertiary/aromatic N) is 3. The monoisotopic (exact) mass is 405 g/mol. The van der Waals surface area contributed by atoms with Crippen LogP contribution in [0, 0.1) is 0 Å². The molecule has 0 saturated carbocycles. The number of fused-ring (bicyclic) bond motifs is 1. The van der Waals surface area contributed by atoms with E-state index < -0.39 is 0 Å². The van der Waals surface area contributed by atoms with Crippen LogP contribution in [0.15, 0.2) is 54.7 Å². The van der Waals surface area contributed by atoms with E-state index in [9.17, 15) is 4.79 Å². The standard InChI is InChI=1S/C22H23N5O3/c1-29-17-12-19-18(21(13-17)30-2)11-15(24-19)7-6-10-23-22(28)20-14-27(26-25-20)16-8-4-3-5-9-16/h3-5,8-9,11-14,24H,6-7,10H2,1-2H3,(H,23,28). The average molecular weight is 405 g/mol. The molecule has 0 spiro atoms. The number of benzene rings is 2. The number of amides is 1. The van der Waals surface area contributed by atoms with Crippen LogP contribution in [0.4, 0.5) is 0 Å². The van der Waals surface area contributed by atoms with Gasteiger partial charge in [0.05, 0.1) is 31.6 Å². The van der Waals surface area contributed by atoms with Gasteiger partial charge in [-0.2, -0.15) is 0 Å². The normalized spacial score (nSPS) is 10.9. The number of carbonyl (C=O) groups excluding carboxylic acids is 1. The van der Waals surface area contributed by atoms with Gasteiger partial charge in [-0.15, -0.1) is 5.10 Å². The summed E-state index contributed by atoms with van der Waals surface area (Å²) in [6.07, 6.45) is 3.20. The fraction of sp³-hybridized carbons (Fsp3) is 0.227. The topological polar surface area (TPSA) is 94.1 Å². The van der Waals surface area contributed by atoms with Crippen molar-refractivity contribution in [1.82, 2.24) is 25.3 Å². The lowest BCUT2D eigenvalue weighted by molar-refractivity contribution is 0.0948. The fourth-order valence-corrected chi connectivity index (χ4v) is 3.30. The van der Waals surface area contributed by atoms with Crippen LogP contribution in [0.2, 0.25) is 0 Å². The predicted octanol–water partition coefficient (Wildman–Crippen LogP) is 3.13. The van der Waals surface area contributed by atoms with Crippen LogP contribution in [0.5, 0.6) is 11.5 Å². The fourth-order valence-electron chi connectivity index (χ4n) is 3.30. The molecule has 2 aromatic heterocycles. The number of ether oxygens (including phenoxy) is 2. The molecule has 0 aliphatic carbocycles. The predicted molar refractivity (Wildman–Crippen MR) is 113 cm³/mol. The number of aromatic amines is 1. The van der Waals surface area contributed by atoms with Crippen LogP contribution in [-0.2, 0) is 6.42 Å². The SMILES string of the molecule is COc1cc(OC)c2cc(CCCNC(=O)c3cn(-c4ccccc4)nn3)[nH]c2c1. The highest BCUT2D eigenvalue weighted by Crippen LogP contribution is 2.31. The summed E-state index contributed by atoms with van der Waals surface area (Å²) < 4.78 is 12.3. The van der Waals surface area contributed by atoms with E-state index in [1.807, 2.05) is 42.5 Å². The number of carbonyl (C=O) groups is 1. The Bertz CT molecular complexity index is 1150. The van der Waals surface area contributed by atoms with Crippen molar-refractivity contribution in [1.29, 1.82) is 0 Å². The Labute approximate surface area is 173 Å². The van der Waals surface area contributed by atoms with Crippen LogP contribution < -0.4 is 14.8 Å². The maximum absolute atomic E-state index is 12.3. The van der Waals surface area contributed by atoms with E-state index in [1.54, 1.807) is 25.1 Å². The van der Waals surface area contributed by atoms with E-state index in [4.69, 9.17) is 9.47 Å². The summed E-state index contributed by atoms with van der Waals surface area (Å²) in [6.45, 7) is 0.535. The first-order valence-electron chi connectivity index (χ1n) is 9.67. The zero-order valence-electron chi connectivity index (χ0n) is 16.9. The molecule has 154 valence electrons. The third-order valence-corrected chi connectivity index (χ3v) is 4.84. The Hall–Kier alpha value is -3.81. The van der Waals surface area contributed by atoms with Crippen LogP contribution in [0.25, 0.3) is 16.6 Å². The molecule has 2 aromatic carbocycles. The van der Waals surface area contributed by atoms with Crippen molar-refractivity contribution in [2.75, 3.05) is 20.8 Å². The van der Waals surface area contributed by atoms with Crippen LogP contribution in [0.1, 0.15) is 22.6 Å². The molecule has 0 atom stereocenters. The largest absolute Gasteiger partial charge is 0.497 e. The minimum atomic E-state index is -0.236. The number of methoxy groups -OCH3 is 2. The number of para-hydroxylation sites is 1. The van der Waals surface area contributed by atoms with Crippen molar-refractivity contribution < 1.29 is 14.3 Å². The number of H-pyrrole nitrogens is 1. The highest BCUT2D eigenvalue weighted by Gasteiger charge is 2.12. The molecule has 0 aliphatic rings. The Balaban J connectivity index is 1.33. The van der Waals surface area contributed by atoms with Crippen molar-refractivity contribution in [2.45, 2.75) is 12.8 Å². The van der Waals surface area contributed by atoms with Gasteiger partial charge in [0.15, 0.2) is 5.69 Å². The first kappa shape index (κ1) is 19.5. The van der Waals surface area contributed by atoms with Gasteiger partial charge in [0.1, 0.15) is 11.5 Å². The summed E-state index contributed by atoms with van der Waals surface area (Å²) in [7, 11) is 3.27. The maximum Gasteiger partial charge on any atom is 0.273 e. The average Bonchev–Trinajstić information content (AvgIpc) is 3.43. The number of aromatic nitrogens is 4. The summed E-state index contributed by atoms with van der Waals surface area (Å²) >= 11 is 0. The highest BCUT2D eigenvalue weighted by atomic mass is 16.5. The molecule has 0 unspecified atom stereocenters. The molecular formula is C22H23N5O3. The molecule has 0 bridgehead atoms. The van der Waals surface area contributed by atoms with Gasteiger partial charge in [-0.25, -0.2) is 4.68 Å². The quantitative estimate of drug-likeness (QED) is 0.439. The van der Waals surface area contributed by atoms with Crippen molar-refractivity contribution in [3.05, 3.63) is 66.1 Å². The first-order chi connectivity index (χ1) is 14.7. The molecule has 4 aromatic rings. The highest BCUT2D eigenvalue weighted by molar-refractivity contribution is 5.92. The van der Waals surface area contributed by atoms with Gasteiger partial charge in [0.2, 0.25) is 0 Å². The van der Waals surface area contributed by atoms with E-state index in [-0.39, 0.29) is 5.91 Å². The number of aryl methyl sites for hydroxylation is 1. The Morgan fingerprint density at radius 3 is 2.73 bits per heavy atom. The van der Waals surface area contributed by atoms with Crippen molar-refractivity contribution in [3.63, 3.8) is 0 Å². The molecule has 8 nitrogen and oxygen atoms in total. The smallest absolute Gasteiger partial charge is 0.273 e. The van der Waals surface area contributed by atoms with Crippen molar-refractivity contribution in [3.8, 4) is 17.2 Å². The summed E-state index contributed by atoms with van der Waals surface area (Å²) in [5, 5.41) is 11.9. The van der Waals surface area contributed by atoms with Crippen LogP contribution in [0.3, 0.4) is 0 Å². The number of rotatable bonds is 8. The van der Waals surface area contributed by atoms with E-state index in [2.05, 4.69) is 26.7 Å². The molecule has 0 radical (unpaired) electrons. The van der Waals surface area contributed by atoms with Crippen LogP contribution in [-0.4, -0.2) is 46.6 Å². The molecule has 2 heterocycles. The third-order valence-electron chi connectivity index (χ3n) is 4.84. The number of hydrogen-bond acceptors (Lipinski definition) is 5. The van der Waals surface area contributed by atoms with Crippen LogP contribution >= 0.6 is 0 Å². The van der Waals surface area contributed by atoms with Gasteiger partial charge < -0.3 is 19.8 Å². The van der Waals surface area contributed by atoms with Crippen molar-refractivity contribution >= 4 is 16.8 Å². The second-order valence-corrected chi connectivity index (χ2v) is 6.83. The molecule has 0 fully saturated rings. The molecule has 1 amide bonds. The maximum atomic E-state index is 12.3. The minimum absolute atomic E-state index is 0.236. The Morgan fingerprint density at radius 2 is 1.97 bits per heavy atom. The lowest BCUT2D eigenvalue weighted by atomic mass is 10.2. The summed E-state index contributed by atoms with van der Waals surface area (Å²) in [5.41, 5.74) is 3.18. The lowest BCUT2D eigenvalue weighted by Gasteiger charge is -2.04. The summed E-state index contributed by atoms with van der Waals surface area (Å²) in [5.74, 6) is 1.27. The van der Waals surface area contributed by atoms with Gasteiger partial charge in [0, 0.05) is 29.8 Å². The minimum Gasteiger partial charge on any atom is -0.497 e. The molecule has 0 saturated heterocycles. The zero-order valence-corrected chi connectivity index (χ0v) is 16.9. The first-order valence-corrected chi connectivity index (χ1v) is 9.67. The van der Waals surface area contributed by atoms with E-state index in [1.165, 1.54) is 0 Å². The summed E-state index contributed by atoms with van der Waals surface area (Å²) in [6, 6.07) is 15.4. The molecular weight excluding hydrogens is 382 g/mol. The van der Waals surface area contributed by atoms with Crippen molar-refractivity contribution in [2.24, 2.45) is 0 Å². The third kappa shape index (κ3) is 4.12. The second-order valence-electron chi connectivity index (χ2n) is 6.83. The lowest BCUT2D eigenvalue weighted by Crippen LogP contribution is -2.25. The Morgan fingerprint density at radius 1 is 1.13 bits per heavy atom.